The molecular formula is C11H21N5O. The number of amides is 1. The highest BCUT2D eigenvalue weighted by atomic mass is 16.1. The number of aryl methyl sites for hydroxylation is 1. The van der Waals surface area contributed by atoms with Crippen LogP contribution in [0.1, 0.15) is 25.6 Å². The fourth-order valence-electron chi connectivity index (χ4n) is 1.54. The number of nitrogens with one attached hydrogen (secondary N) is 1. The minimum Gasteiger partial charge on any atom is -0.356 e. The summed E-state index contributed by atoms with van der Waals surface area (Å²) in [4.78, 5) is 15.6. The Labute approximate surface area is 102 Å². The first-order valence-electron chi connectivity index (χ1n) is 5.97. The van der Waals surface area contributed by atoms with E-state index >= 15 is 0 Å². The topological polar surface area (TPSA) is 85.8 Å². The Morgan fingerprint density at radius 2 is 2.41 bits per heavy atom. The number of nitrogens with two attached hydrogens (primary N) is 1. The van der Waals surface area contributed by atoms with Crippen LogP contribution in [0.15, 0.2) is 6.33 Å². The molecule has 1 aromatic heterocycles. The van der Waals surface area contributed by atoms with Gasteiger partial charge < -0.3 is 11.1 Å². The van der Waals surface area contributed by atoms with Crippen molar-refractivity contribution in [3.05, 3.63) is 12.2 Å². The highest BCUT2D eigenvalue weighted by Crippen LogP contribution is 2.05. The Bertz CT molecular complexity index is 345. The molecule has 0 fully saturated rings. The normalized spacial score (nSPS) is 12.4. The van der Waals surface area contributed by atoms with E-state index in [2.05, 4.69) is 15.4 Å². The van der Waals surface area contributed by atoms with Gasteiger partial charge in [-0.2, -0.15) is 5.10 Å². The van der Waals surface area contributed by atoms with Crippen LogP contribution in [0.5, 0.6) is 0 Å². The van der Waals surface area contributed by atoms with Crippen molar-refractivity contribution in [3.63, 3.8) is 0 Å². The van der Waals surface area contributed by atoms with Gasteiger partial charge in [0.15, 0.2) is 5.82 Å². The number of carbonyl (C=O) groups excluding carboxylic acids is 1. The van der Waals surface area contributed by atoms with Gasteiger partial charge in [-0.05, 0) is 12.5 Å². The van der Waals surface area contributed by atoms with Crippen molar-refractivity contribution < 1.29 is 4.79 Å². The standard InChI is InChI=1S/C11H21N5O/c1-3-9(7-12)6-11(17)13-5-4-10-14-8-16(2)15-10/h8-9H,3-7,12H2,1-2H3,(H,13,17). The van der Waals surface area contributed by atoms with E-state index in [9.17, 15) is 4.79 Å². The third-order valence-electron chi connectivity index (χ3n) is 2.70. The van der Waals surface area contributed by atoms with Crippen molar-refractivity contribution in [1.82, 2.24) is 20.1 Å². The van der Waals surface area contributed by atoms with E-state index in [4.69, 9.17) is 5.73 Å². The predicted molar refractivity (Wildman–Crippen MR) is 65.2 cm³/mol. The lowest BCUT2D eigenvalue weighted by Gasteiger charge is -2.11. The molecule has 0 aliphatic rings. The van der Waals surface area contributed by atoms with Crippen LogP contribution in [0.25, 0.3) is 0 Å². The zero-order valence-electron chi connectivity index (χ0n) is 10.5. The molecule has 0 saturated carbocycles. The van der Waals surface area contributed by atoms with Gasteiger partial charge in [0.2, 0.25) is 5.91 Å². The maximum Gasteiger partial charge on any atom is 0.220 e. The van der Waals surface area contributed by atoms with E-state index in [0.29, 0.717) is 25.9 Å². The molecule has 1 amide bonds. The first-order valence-corrected chi connectivity index (χ1v) is 5.97. The zero-order valence-corrected chi connectivity index (χ0v) is 10.5. The maximum absolute atomic E-state index is 11.6. The summed E-state index contributed by atoms with van der Waals surface area (Å²) < 4.78 is 1.65. The SMILES string of the molecule is CCC(CN)CC(=O)NCCc1ncn(C)n1. The molecule has 1 rings (SSSR count). The molecule has 0 radical (unpaired) electrons. The van der Waals surface area contributed by atoms with Crippen LogP contribution in [0.2, 0.25) is 0 Å². The number of carbonyl (C=O) groups is 1. The molecule has 3 N–H and O–H groups in total. The molecule has 0 aromatic carbocycles. The molecule has 0 spiro atoms. The summed E-state index contributed by atoms with van der Waals surface area (Å²) in [6.07, 6.45) is 3.75. The van der Waals surface area contributed by atoms with E-state index in [0.717, 1.165) is 12.2 Å². The van der Waals surface area contributed by atoms with Gasteiger partial charge >= 0.3 is 0 Å². The number of hydrogen-bond acceptors (Lipinski definition) is 4. The Balaban J connectivity index is 2.20. The molecule has 0 aliphatic carbocycles. The van der Waals surface area contributed by atoms with Gasteiger partial charge in [0.05, 0.1) is 0 Å². The number of rotatable bonds is 7. The minimum absolute atomic E-state index is 0.0539. The third-order valence-corrected chi connectivity index (χ3v) is 2.70. The third kappa shape index (κ3) is 4.95. The Morgan fingerprint density at radius 1 is 1.65 bits per heavy atom. The van der Waals surface area contributed by atoms with Crippen LogP contribution in [-0.4, -0.2) is 33.8 Å². The molecule has 6 nitrogen and oxygen atoms in total. The van der Waals surface area contributed by atoms with Crippen LogP contribution in [0.4, 0.5) is 0 Å². The molecular weight excluding hydrogens is 218 g/mol. The maximum atomic E-state index is 11.6. The Hall–Kier alpha value is -1.43. The monoisotopic (exact) mass is 239 g/mol. The number of hydrogen-bond donors (Lipinski definition) is 2. The van der Waals surface area contributed by atoms with Crippen molar-refractivity contribution in [2.24, 2.45) is 18.7 Å². The van der Waals surface area contributed by atoms with E-state index < -0.39 is 0 Å². The number of nitrogens with zero attached hydrogens (tertiary/aromatic N) is 3. The van der Waals surface area contributed by atoms with Crippen LogP contribution in [0, 0.1) is 5.92 Å². The second-order valence-electron chi connectivity index (χ2n) is 4.15. The fraction of sp³-hybridized carbons (Fsp3) is 0.727. The van der Waals surface area contributed by atoms with Gasteiger partial charge in [-0.1, -0.05) is 13.3 Å². The lowest BCUT2D eigenvalue weighted by molar-refractivity contribution is -0.121. The molecule has 0 saturated heterocycles. The molecule has 1 heterocycles. The van der Waals surface area contributed by atoms with Crippen LogP contribution < -0.4 is 11.1 Å². The highest BCUT2D eigenvalue weighted by Gasteiger charge is 2.10. The average molecular weight is 239 g/mol. The summed E-state index contributed by atoms with van der Waals surface area (Å²) in [5.74, 6) is 1.08. The molecule has 17 heavy (non-hydrogen) atoms. The van der Waals surface area contributed by atoms with Crippen LogP contribution in [-0.2, 0) is 18.3 Å². The van der Waals surface area contributed by atoms with Crippen molar-refractivity contribution in [2.75, 3.05) is 13.1 Å². The smallest absolute Gasteiger partial charge is 0.220 e. The zero-order chi connectivity index (χ0) is 12.7. The number of aromatic nitrogens is 3. The van der Waals surface area contributed by atoms with Crippen molar-refractivity contribution in [3.8, 4) is 0 Å². The quantitative estimate of drug-likeness (QED) is 0.693. The average Bonchev–Trinajstić information content (AvgIpc) is 2.72. The van der Waals surface area contributed by atoms with E-state index in [-0.39, 0.29) is 11.8 Å². The summed E-state index contributed by atoms with van der Waals surface area (Å²) in [7, 11) is 1.82. The molecule has 1 atom stereocenters. The lowest BCUT2D eigenvalue weighted by atomic mass is 10.0. The Morgan fingerprint density at radius 3 is 2.94 bits per heavy atom. The van der Waals surface area contributed by atoms with Gasteiger partial charge in [0.1, 0.15) is 6.33 Å². The van der Waals surface area contributed by atoms with E-state index in [1.165, 1.54) is 0 Å². The first kappa shape index (κ1) is 13.6. The van der Waals surface area contributed by atoms with Crippen LogP contribution in [0.3, 0.4) is 0 Å². The van der Waals surface area contributed by atoms with E-state index in [1.807, 2.05) is 14.0 Å². The second-order valence-corrected chi connectivity index (χ2v) is 4.15. The summed E-state index contributed by atoms with van der Waals surface area (Å²) in [5, 5.41) is 6.99. The molecule has 0 aliphatic heterocycles. The summed E-state index contributed by atoms with van der Waals surface area (Å²) in [6, 6.07) is 0. The van der Waals surface area contributed by atoms with Crippen LogP contribution >= 0.6 is 0 Å². The van der Waals surface area contributed by atoms with Crippen molar-refractivity contribution in [2.45, 2.75) is 26.2 Å². The van der Waals surface area contributed by atoms with E-state index in [1.54, 1.807) is 11.0 Å². The highest BCUT2D eigenvalue weighted by molar-refractivity contribution is 5.76. The first-order chi connectivity index (χ1) is 8.15. The predicted octanol–water partition coefficient (Wildman–Crippen LogP) is -0.151. The van der Waals surface area contributed by atoms with Gasteiger partial charge in [-0.15, -0.1) is 0 Å². The molecule has 0 bridgehead atoms. The van der Waals surface area contributed by atoms with Gasteiger partial charge in [0, 0.05) is 26.4 Å². The van der Waals surface area contributed by atoms with Crippen molar-refractivity contribution >= 4 is 5.91 Å². The Kier molecular flexibility index (Phi) is 5.62. The van der Waals surface area contributed by atoms with Gasteiger partial charge in [-0.3, -0.25) is 9.48 Å². The largest absolute Gasteiger partial charge is 0.356 e. The molecule has 96 valence electrons. The molecule has 6 heteroatoms. The lowest BCUT2D eigenvalue weighted by Crippen LogP contribution is -2.29. The second kappa shape index (κ2) is 7.01. The molecule has 1 unspecified atom stereocenters. The summed E-state index contributed by atoms with van der Waals surface area (Å²) in [6.45, 7) is 3.18. The van der Waals surface area contributed by atoms with Gasteiger partial charge in [-0.25, -0.2) is 4.98 Å². The molecule has 1 aromatic rings. The van der Waals surface area contributed by atoms with Gasteiger partial charge in [0.25, 0.3) is 0 Å². The summed E-state index contributed by atoms with van der Waals surface area (Å²) >= 11 is 0. The summed E-state index contributed by atoms with van der Waals surface area (Å²) in [5.41, 5.74) is 5.55. The van der Waals surface area contributed by atoms with Crippen molar-refractivity contribution in [1.29, 1.82) is 0 Å². The minimum atomic E-state index is 0.0539. The fourth-order valence-corrected chi connectivity index (χ4v) is 1.54.